The van der Waals surface area contributed by atoms with E-state index in [9.17, 15) is 4.39 Å². The Labute approximate surface area is 126 Å². The lowest BCUT2D eigenvalue weighted by Crippen LogP contribution is -2.36. The van der Waals surface area contributed by atoms with Gasteiger partial charge in [0.1, 0.15) is 11.6 Å². The molecule has 3 rings (SSSR count). The van der Waals surface area contributed by atoms with Gasteiger partial charge in [0.05, 0.1) is 9.99 Å². The van der Waals surface area contributed by atoms with Crippen LogP contribution < -0.4 is 5.32 Å². The van der Waals surface area contributed by atoms with Gasteiger partial charge in [-0.3, -0.25) is 0 Å². The highest BCUT2D eigenvalue weighted by atomic mass is 79.9. The molecule has 1 saturated heterocycles. The first kappa shape index (κ1) is 13.8. The molecule has 0 atom stereocenters. The Morgan fingerprint density at radius 2 is 2.05 bits per heavy atom. The van der Waals surface area contributed by atoms with Gasteiger partial charge in [0, 0.05) is 17.5 Å². The number of nitrogens with one attached hydrogen (secondary N) is 1. The van der Waals surface area contributed by atoms with E-state index in [1.54, 1.807) is 6.07 Å². The maximum absolute atomic E-state index is 13.6. The van der Waals surface area contributed by atoms with Gasteiger partial charge in [-0.1, -0.05) is 0 Å². The molecule has 1 aromatic heterocycles. The summed E-state index contributed by atoms with van der Waals surface area (Å²) in [5.41, 5.74) is 0.684. The summed E-state index contributed by atoms with van der Waals surface area (Å²) in [6.45, 7) is 2.21. The van der Waals surface area contributed by atoms with Crippen molar-refractivity contribution in [3.05, 3.63) is 34.6 Å². The zero-order valence-corrected chi connectivity index (χ0v) is 13.0. The number of fused-ring (bicyclic) bond motifs is 1. The first-order chi connectivity index (χ1) is 9.61. The fourth-order valence-corrected chi connectivity index (χ4v) is 2.92. The maximum Gasteiger partial charge on any atom is 0.139 e. The highest BCUT2D eigenvalue weighted by Crippen LogP contribution is 2.24. The van der Waals surface area contributed by atoms with Gasteiger partial charge in [-0.05, 0) is 67.1 Å². The largest absolute Gasteiger partial charge is 0.367 e. The summed E-state index contributed by atoms with van der Waals surface area (Å²) < 4.78 is 14.0. The number of anilines is 1. The van der Waals surface area contributed by atoms with Crippen LogP contribution in [0.3, 0.4) is 0 Å². The number of likely N-dealkylation sites (tertiary alicyclic amines) is 1. The van der Waals surface area contributed by atoms with E-state index >= 15 is 0 Å². The molecule has 1 aromatic carbocycles. The number of nitrogens with zero attached hydrogens (tertiary/aromatic N) is 2. The van der Waals surface area contributed by atoms with Gasteiger partial charge in [0.15, 0.2) is 0 Å². The summed E-state index contributed by atoms with van der Waals surface area (Å²) in [6.07, 6.45) is 2.23. The molecule has 0 aliphatic carbocycles. The normalized spacial score (nSPS) is 17.6. The standard InChI is InChI=1S/C15H17BrFN3/c1-20-6-4-11(5-7-20)18-15-3-2-10-8-12(16)13(17)9-14(10)19-15/h2-3,8-9,11H,4-7H2,1H3,(H,18,19). The molecule has 0 unspecified atom stereocenters. The van der Waals surface area contributed by atoms with E-state index in [0.717, 1.165) is 37.1 Å². The van der Waals surface area contributed by atoms with Crippen LogP contribution in [0.4, 0.5) is 10.2 Å². The second-order valence-electron chi connectivity index (χ2n) is 5.38. The number of hydrogen-bond acceptors (Lipinski definition) is 3. The number of aromatic nitrogens is 1. The minimum atomic E-state index is -0.276. The van der Waals surface area contributed by atoms with Gasteiger partial charge in [0.25, 0.3) is 0 Å². The fourth-order valence-electron chi connectivity index (χ4n) is 2.56. The van der Waals surface area contributed by atoms with Crippen LogP contribution in [0, 0.1) is 5.82 Å². The third-order valence-electron chi connectivity index (χ3n) is 3.80. The van der Waals surface area contributed by atoms with Crippen molar-refractivity contribution in [3.8, 4) is 0 Å². The first-order valence-electron chi connectivity index (χ1n) is 6.83. The Kier molecular flexibility index (Phi) is 3.89. The van der Waals surface area contributed by atoms with Crippen LogP contribution in [0.15, 0.2) is 28.7 Å². The summed E-state index contributed by atoms with van der Waals surface area (Å²) in [7, 11) is 2.14. The third-order valence-corrected chi connectivity index (χ3v) is 4.41. The lowest BCUT2D eigenvalue weighted by molar-refractivity contribution is 0.263. The van der Waals surface area contributed by atoms with Crippen LogP contribution in [0.5, 0.6) is 0 Å². The minimum absolute atomic E-state index is 0.276. The van der Waals surface area contributed by atoms with Gasteiger partial charge in [0.2, 0.25) is 0 Å². The maximum atomic E-state index is 13.6. The number of rotatable bonds is 2. The number of hydrogen-bond donors (Lipinski definition) is 1. The van der Waals surface area contributed by atoms with Gasteiger partial charge in [-0.25, -0.2) is 9.37 Å². The molecule has 0 bridgehead atoms. The lowest BCUT2D eigenvalue weighted by Gasteiger charge is -2.29. The zero-order valence-electron chi connectivity index (χ0n) is 11.4. The Bertz CT molecular complexity index is 624. The number of halogens is 2. The molecule has 106 valence electrons. The molecule has 5 heteroatoms. The summed E-state index contributed by atoms with van der Waals surface area (Å²) in [6, 6.07) is 7.63. The van der Waals surface area contributed by atoms with Gasteiger partial charge >= 0.3 is 0 Å². The second kappa shape index (κ2) is 5.66. The molecule has 0 spiro atoms. The molecule has 3 nitrogen and oxygen atoms in total. The van der Waals surface area contributed by atoms with Crippen LogP contribution in [-0.4, -0.2) is 36.1 Å². The average Bonchev–Trinajstić information content (AvgIpc) is 2.43. The summed E-state index contributed by atoms with van der Waals surface area (Å²) in [4.78, 5) is 6.84. The van der Waals surface area contributed by atoms with Crippen molar-refractivity contribution >= 4 is 32.7 Å². The fraction of sp³-hybridized carbons (Fsp3) is 0.400. The van der Waals surface area contributed by atoms with Crippen molar-refractivity contribution in [1.82, 2.24) is 9.88 Å². The van der Waals surface area contributed by atoms with Crippen molar-refractivity contribution in [2.24, 2.45) is 0 Å². The highest BCUT2D eigenvalue weighted by Gasteiger charge is 2.16. The van der Waals surface area contributed by atoms with Gasteiger partial charge in [-0.15, -0.1) is 0 Å². The predicted octanol–water partition coefficient (Wildman–Crippen LogP) is 3.64. The first-order valence-corrected chi connectivity index (χ1v) is 7.62. The number of benzene rings is 1. The van der Waals surface area contributed by atoms with Gasteiger partial charge in [-0.2, -0.15) is 0 Å². The highest BCUT2D eigenvalue weighted by molar-refractivity contribution is 9.10. The van der Waals surface area contributed by atoms with E-state index < -0.39 is 0 Å². The van der Waals surface area contributed by atoms with Crippen molar-refractivity contribution in [1.29, 1.82) is 0 Å². The average molecular weight is 338 g/mol. The summed E-state index contributed by atoms with van der Waals surface area (Å²) >= 11 is 3.20. The molecule has 2 aromatic rings. The predicted molar refractivity (Wildman–Crippen MR) is 83.5 cm³/mol. The van der Waals surface area contributed by atoms with E-state index in [2.05, 4.69) is 38.2 Å². The van der Waals surface area contributed by atoms with Crippen molar-refractivity contribution in [3.63, 3.8) is 0 Å². The van der Waals surface area contributed by atoms with Crippen LogP contribution in [0.2, 0.25) is 0 Å². The molecule has 0 radical (unpaired) electrons. The Morgan fingerprint density at radius 1 is 1.30 bits per heavy atom. The Morgan fingerprint density at radius 3 is 2.80 bits per heavy atom. The van der Waals surface area contributed by atoms with Crippen LogP contribution in [0.25, 0.3) is 10.9 Å². The van der Waals surface area contributed by atoms with Crippen LogP contribution in [0.1, 0.15) is 12.8 Å². The van der Waals surface area contributed by atoms with E-state index in [1.807, 2.05) is 12.1 Å². The Balaban J connectivity index is 1.80. The van der Waals surface area contributed by atoms with Crippen molar-refractivity contribution in [2.45, 2.75) is 18.9 Å². The molecule has 2 heterocycles. The molecule has 0 saturated carbocycles. The molecule has 1 fully saturated rings. The molecular weight excluding hydrogens is 321 g/mol. The lowest BCUT2D eigenvalue weighted by atomic mass is 10.1. The molecule has 1 aliphatic rings. The van der Waals surface area contributed by atoms with Crippen LogP contribution >= 0.6 is 15.9 Å². The number of pyridine rings is 1. The monoisotopic (exact) mass is 337 g/mol. The third kappa shape index (κ3) is 2.94. The number of piperidine rings is 1. The van der Waals surface area contributed by atoms with E-state index in [4.69, 9.17) is 0 Å². The second-order valence-corrected chi connectivity index (χ2v) is 6.23. The SMILES string of the molecule is CN1CCC(Nc2ccc3cc(Br)c(F)cc3n2)CC1. The van der Waals surface area contributed by atoms with E-state index in [0.29, 0.717) is 16.0 Å². The topological polar surface area (TPSA) is 28.2 Å². The molecular formula is C15H17BrFN3. The molecule has 1 N–H and O–H groups in total. The van der Waals surface area contributed by atoms with Crippen molar-refractivity contribution < 1.29 is 4.39 Å². The van der Waals surface area contributed by atoms with E-state index in [1.165, 1.54) is 6.07 Å². The molecule has 0 amide bonds. The molecule has 20 heavy (non-hydrogen) atoms. The van der Waals surface area contributed by atoms with Gasteiger partial charge < -0.3 is 10.2 Å². The molecule has 1 aliphatic heterocycles. The smallest absolute Gasteiger partial charge is 0.139 e. The minimum Gasteiger partial charge on any atom is -0.367 e. The van der Waals surface area contributed by atoms with E-state index in [-0.39, 0.29) is 5.82 Å². The quantitative estimate of drug-likeness (QED) is 0.906. The summed E-state index contributed by atoms with van der Waals surface area (Å²) in [5.74, 6) is 0.551. The Hall–Kier alpha value is -1.20. The summed E-state index contributed by atoms with van der Waals surface area (Å²) in [5, 5.41) is 4.39. The van der Waals surface area contributed by atoms with Crippen LogP contribution in [-0.2, 0) is 0 Å². The van der Waals surface area contributed by atoms with Crippen molar-refractivity contribution in [2.75, 3.05) is 25.5 Å². The zero-order chi connectivity index (χ0) is 14.1.